The maximum absolute atomic E-state index is 10.4. The molecule has 0 aromatic heterocycles. The molecule has 5 heteroatoms. The van der Waals surface area contributed by atoms with Crippen LogP contribution in [0.25, 0.3) is 0 Å². The summed E-state index contributed by atoms with van der Waals surface area (Å²) in [5.74, 6) is 0. The molecule has 1 saturated heterocycles. The number of carbonyl (C=O) groups excluding carboxylic acids is 2. The summed E-state index contributed by atoms with van der Waals surface area (Å²) < 4.78 is 0. The normalized spacial score (nSPS) is 34.1. The predicted molar refractivity (Wildman–Crippen MR) is 35.6 cm³/mol. The van der Waals surface area contributed by atoms with Crippen molar-refractivity contribution in [2.75, 3.05) is 0 Å². The molecule has 1 heterocycles. The van der Waals surface area contributed by atoms with Crippen LogP contribution in [0.3, 0.4) is 0 Å². The van der Waals surface area contributed by atoms with Gasteiger partial charge in [-0.05, 0) is 0 Å². The van der Waals surface area contributed by atoms with Crippen LogP contribution >= 0.6 is 23.4 Å². The molecule has 0 bridgehead atoms. The number of thioether (sulfide) groups is 1. The summed E-state index contributed by atoms with van der Waals surface area (Å²) in [6.45, 7) is 0. The molecule has 2 atom stereocenters. The van der Waals surface area contributed by atoms with Gasteiger partial charge in [0.05, 0.1) is 0 Å². The number of rotatable bonds is 1. The minimum atomic E-state index is -0.528. The van der Waals surface area contributed by atoms with Crippen LogP contribution in [0.4, 0.5) is 4.79 Å². The van der Waals surface area contributed by atoms with Crippen molar-refractivity contribution in [2.24, 2.45) is 0 Å². The lowest BCUT2D eigenvalue weighted by Crippen LogP contribution is -2.25. The molecule has 9 heavy (non-hydrogen) atoms. The minimum Gasteiger partial charge on any atom is -0.329 e. The first-order valence-electron chi connectivity index (χ1n) is 2.30. The van der Waals surface area contributed by atoms with Crippen LogP contribution in [-0.2, 0) is 4.79 Å². The van der Waals surface area contributed by atoms with Gasteiger partial charge in [-0.2, -0.15) is 0 Å². The molecule has 0 radical (unpaired) electrons. The number of alkyl halides is 1. The van der Waals surface area contributed by atoms with Crippen molar-refractivity contribution in [3.63, 3.8) is 0 Å². The van der Waals surface area contributed by atoms with Crippen LogP contribution in [0.2, 0.25) is 0 Å². The van der Waals surface area contributed by atoms with Gasteiger partial charge in [0.15, 0.2) is 0 Å². The molecule has 1 N–H and O–H groups in total. The monoisotopic (exact) mass is 165 g/mol. The molecule has 0 spiro atoms. The first-order valence-corrected chi connectivity index (χ1v) is 3.62. The van der Waals surface area contributed by atoms with Gasteiger partial charge >= 0.3 is 0 Å². The first-order chi connectivity index (χ1) is 4.24. The van der Waals surface area contributed by atoms with E-state index in [9.17, 15) is 9.59 Å². The van der Waals surface area contributed by atoms with Gasteiger partial charge in [-0.3, -0.25) is 4.79 Å². The highest BCUT2D eigenvalue weighted by Crippen LogP contribution is 2.23. The third kappa shape index (κ3) is 1.37. The van der Waals surface area contributed by atoms with E-state index >= 15 is 0 Å². The Morgan fingerprint density at radius 1 is 1.78 bits per heavy atom. The van der Waals surface area contributed by atoms with E-state index in [0.29, 0.717) is 6.29 Å². The summed E-state index contributed by atoms with van der Waals surface area (Å²) in [6.07, 6.45) is 0.667. The Morgan fingerprint density at radius 3 is 2.67 bits per heavy atom. The number of hydrogen-bond donors (Lipinski definition) is 1. The van der Waals surface area contributed by atoms with Crippen LogP contribution in [0.5, 0.6) is 0 Å². The van der Waals surface area contributed by atoms with Crippen molar-refractivity contribution in [3.05, 3.63) is 0 Å². The van der Waals surface area contributed by atoms with Gasteiger partial charge in [0, 0.05) is 0 Å². The molecular weight excluding hydrogens is 162 g/mol. The van der Waals surface area contributed by atoms with Gasteiger partial charge in [0.2, 0.25) is 0 Å². The van der Waals surface area contributed by atoms with Gasteiger partial charge in [0.25, 0.3) is 5.24 Å². The highest BCUT2D eigenvalue weighted by Gasteiger charge is 2.30. The van der Waals surface area contributed by atoms with Crippen molar-refractivity contribution in [3.8, 4) is 0 Å². The molecule has 0 aromatic rings. The third-order valence-corrected chi connectivity index (χ3v) is 2.44. The summed E-state index contributed by atoms with van der Waals surface area (Å²) in [6, 6.07) is 0. The summed E-state index contributed by atoms with van der Waals surface area (Å²) in [4.78, 5) is 20.5. The fraction of sp³-hybridized carbons (Fsp3) is 0.500. The molecule has 1 rings (SSSR count). The average molecular weight is 166 g/mol. The molecule has 3 nitrogen and oxygen atoms in total. The Balaban J connectivity index is 2.57. The van der Waals surface area contributed by atoms with E-state index in [2.05, 4.69) is 5.32 Å². The summed E-state index contributed by atoms with van der Waals surface area (Å²) in [5.41, 5.74) is -0.528. The second-order valence-electron chi connectivity index (χ2n) is 1.55. The van der Waals surface area contributed by atoms with E-state index < -0.39 is 10.8 Å². The molecule has 1 aliphatic rings. The Hall–Kier alpha value is -0.220. The van der Waals surface area contributed by atoms with Crippen molar-refractivity contribution >= 4 is 34.9 Å². The van der Waals surface area contributed by atoms with Crippen molar-refractivity contribution in [1.82, 2.24) is 5.32 Å². The van der Waals surface area contributed by atoms with Gasteiger partial charge < -0.3 is 10.1 Å². The molecule has 50 valence electrons. The molecule has 2 unspecified atom stereocenters. The van der Waals surface area contributed by atoms with E-state index in [4.69, 9.17) is 11.6 Å². The molecule has 0 saturated carbocycles. The lowest BCUT2D eigenvalue weighted by Gasteiger charge is -1.99. The Morgan fingerprint density at radius 2 is 2.44 bits per heavy atom. The van der Waals surface area contributed by atoms with Gasteiger partial charge in [0.1, 0.15) is 17.0 Å². The predicted octanol–water partition coefficient (Wildman–Crippen LogP) is 0.575. The quantitative estimate of drug-likeness (QED) is 0.351. The van der Waals surface area contributed by atoms with Crippen LogP contribution in [-0.4, -0.2) is 22.3 Å². The maximum atomic E-state index is 10.4. The fourth-order valence-corrected chi connectivity index (χ4v) is 1.57. The van der Waals surface area contributed by atoms with E-state index in [1.54, 1.807) is 0 Å². The average Bonchev–Trinajstić information content (AvgIpc) is 2.10. The second-order valence-corrected chi connectivity index (χ2v) is 3.17. The van der Waals surface area contributed by atoms with E-state index in [0.717, 1.165) is 11.8 Å². The van der Waals surface area contributed by atoms with Gasteiger partial charge in [-0.1, -0.05) is 23.4 Å². The van der Waals surface area contributed by atoms with Crippen LogP contribution < -0.4 is 5.32 Å². The highest BCUT2D eigenvalue weighted by atomic mass is 35.5. The summed E-state index contributed by atoms with van der Waals surface area (Å²) >= 11 is 6.41. The third-order valence-electron chi connectivity index (χ3n) is 0.921. The maximum Gasteiger partial charge on any atom is 0.281 e. The first kappa shape index (κ1) is 6.89. The number of aldehydes is 1. The standard InChI is InChI=1S/C4H4ClNO2S/c5-3-2(1-7)9-4(8)6-3/h1-3H,(H,6,8). The van der Waals surface area contributed by atoms with Gasteiger partial charge in [-0.25, -0.2) is 0 Å². The lowest BCUT2D eigenvalue weighted by atomic mass is 10.4. The lowest BCUT2D eigenvalue weighted by molar-refractivity contribution is -0.107. The molecule has 0 aromatic carbocycles. The highest BCUT2D eigenvalue weighted by molar-refractivity contribution is 8.15. The van der Waals surface area contributed by atoms with Crippen molar-refractivity contribution < 1.29 is 9.59 Å². The van der Waals surface area contributed by atoms with Crippen LogP contribution in [0.15, 0.2) is 0 Å². The molecule has 0 aliphatic carbocycles. The molecular formula is C4H4ClNO2S. The minimum absolute atomic E-state index is 0.230. The Bertz CT molecular complexity index is 152. The number of nitrogens with one attached hydrogen (secondary N) is 1. The topological polar surface area (TPSA) is 46.2 Å². The fourth-order valence-electron chi connectivity index (χ4n) is 0.509. The van der Waals surface area contributed by atoms with E-state index in [1.165, 1.54) is 0 Å². The molecule has 1 amide bonds. The Labute approximate surface area is 61.1 Å². The second kappa shape index (κ2) is 2.58. The Kier molecular flexibility index (Phi) is 1.97. The van der Waals surface area contributed by atoms with Crippen LogP contribution in [0.1, 0.15) is 0 Å². The summed E-state index contributed by atoms with van der Waals surface area (Å²) in [7, 11) is 0. The number of halogens is 1. The van der Waals surface area contributed by atoms with Gasteiger partial charge in [-0.15, -0.1) is 0 Å². The zero-order chi connectivity index (χ0) is 6.85. The SMILES string of the molecule is O=CC1SC(=O)NC1Cl. The zero-order valence-corrected chi connectivity index (χ0v) is 5.91. The number of amides is 1. The van der Waals surface area contributed by atoms with Crippen molar-refractivity contribution in [1.29, 1.82) is 0 Å². The smallest absolute Gasteiger partial charge is 0.281 e. The number of hydrogen-bond acceptors (Lipinski definition) is 3. The molecule has 1 aliphatic heterocycles. The molecule has 1 fully saturated rings. The number of carbonyl (C=O) groups is 2. The van der Waals surface area contributed by atoms with E-state index in [1.807, 2.05) is 0 Å². The van der Waals surface area contributed by atoms with E-state index in [-0.39, 0.29) is 5.24 Å². The summed E-state index contributed by atoms with van der Waals surface area (Å²) in [5, 5.41) is 1.73. The van der Waals surface area contributed by atoms with Crippen molar-refractivity contribution in [2.45, 2.75) is 10.8 Å². The van der Waals surface area contributed by atoms with Crippen LogP contribution in [0, 0.1) is 0 Å². The zero-order valence-electron chi connectivity index (χ0n) is 4.33. The largest absolute Gasteiger partial charge is 0.329 e.